The average Bonchev–Trinajstić information content (AvgIpc) is 2.75. The Morgan fingerprint density at radius 3 is 2.61 bits per heavy atom. The SMILES string of the molecule is CNC1CCC(N2C(=O)Cc3ccccc32)CC1. The summed E-state index contributed by atoms with van der Waals surface area (Å²) in [5.41, 5.74) is 2.34. The number of benzene rings is 1. The van der Waals surface area contributed by atoms with E-state index in [0.29, 0.717) is 18.5 Å². The molecule has 3 rings (SSSR count). The lowest BCUT2D eigenvalue weighted by Gasteiger charge is -2.34. The second kappa shape index (κ2) is 4.73. The third-order valence-electron chi connectivity index (χ3n) is 4.33. The van der Waals surface area contributed by atoms with Crippen molar-refractivity contribution >= 4 is 11.6 Å². The molecule has 0 unspecified atom stereocenters. The summed E-state index contributed by atoms with van der Waals surface area (Å²) in [5, 5.41) is 3.34. The highest BCUT2D eigenvalue weighted by molar-refractivity contribution is 6.01. The van der Waals surface area contributed by atoms with Gasteiger partial charge in [-0.3, -0.25) is 4.79 Å². The molecule has 0 spiro atoms. The van der Waals surface area contributed by atoms with Crippen LogP contribution in [0.4, 0.5) is 5.69 Å². The van der Waals surface area contributed by atoms with Gasteiger partial charge in [-0.25, -0.2) is 0 Å². The zero-order chi connectivity index (χ0) is 12.5. The molecule has 1 aliphatic carbocycles. The minimum atomic E-state index is 0.282. The molecule has 1 aromatic carbocycles. The van der Waals surface area contributed by atoms with E-state index >= 15 is 0 Å². The molecule has 3 heteroatoms. The summed E-state index contributed by atoms with van der Waals surface area (Å²) in [6, 6.07) is 9.26. The number of anilines is 1. The number of amides is 1. The summed E-state index contributed by atoms with van der Waals surface area (Å²) in [4.78, 5) is 14.2. The highest BCUT2D eigenvalue weighted by atomic mass is 16.2. The van der Waals surface area contributed by atoms with Crippen LogP contribution in [0.2, 0.25) is 0 Å². The summed E-state index contributed by atoms with van der Waals surface area (Å²) in [6.45, 7) is 0. The van der Waals surface area contributed by atoms with E-state index in [1.54, 1.807) is 0 Å². The number of carbonyl (C=O) groups is 1. The van der Waals surface area contributed by atoms with Crippen LogP contribution in [0.5, 0.6) is 0 Å². The zero-order valence-electron chi connectivity index (χ0n) is 10.9. The minimum Gasteiger partial charge on any atom is -0.317 e. The Morgan fingerprint density at radius 2 is 1.89 bits per heavy atom. The number of rotatable bonds is 2. The molecule has 2 aliphatic rings. The van der Waals surface area contributed by atoms with Gasteiger partial charge >= 0.3 is 0 Å². The Balaban J connectivity index is 1.79. The first-order chi connectivity index (χ1) is 8.79. The highest BCUT2D eigenvalue weighted by Gasteiger charge is 2.34. The molecule has 18 heavy (non-hydrogen) atoms. The number of hydrogen-bond acceptors (Lipinski definition) is 2. The van der Waals surface area contributed by atoms with Crippen molar-refractivity contribution in [1.82, 2.24) is 5.32 Å². The first kappa shape index (κ1) is 11.7. The van der Waals surface area contributed by atoms with Crippen molar-refractivity contribution in [3.8, 4) is 0 Å². The monoisotopic (exact) mass is 244 g/mol. The van der Waals surface area contributed by atoms with Gasteiger partial charge in [-0.05, 0) is 44.4 Å². The molecule has 0 saturated heterocycles. The number of nitrogens with one attached hydrogen (secondary N) is 1. The largest absolute Gasteiger partial charge is 0.317 e. The summed E-state index contributed by atoms with van der Waals surface area (Å²) in [5.74, 6) is 0.282. The standard InChI is InChI=1S/C15H20N2O/c1-16-12-6-8-13(9-7-12)17-14-5-3-2-4-11(14)10-15(17)18/h2-5,12-13,16H,6-10H2,1H3. The molecule has 0 radical (unpaired) electrons. The van der Waals surface area contributed by atoms with Crippen molar-refractivity contribution < 1.29 is 4.79 Å². The summed E-state index contributed by atoms with van der Waals surface area (Å²) in [7, 11) is 2.03. The lowest BCUT2D eigenvalue weighted by Crippen LogP contribution is -2.43. The van der Waals surface area contributed by atoms with Gasteiger partial charge in [0.15, 0.2) is 0 Å². The lowest BCUT2D eigenvalue weighted by molar-refractivity contribution is -0.118. The first-order valence-corrected chi connectivity index (χ1v) is 6.87. The second-order valence-corrected chi connectivity index (χ2v) is 5.36. The molecule has 1 aliphatic heterocycles. The topological polar surface area (TPSA) is 32.3 Å². The molecule has 1 saturated carbocycles. The highest BCUT2D eigenvalue weighted by Crippen LogP contribution is 2.34. The molecular formula is C15H20N2O. The molecule has 0 bridgehead atoms. The van der Waals surface area contributed by atoms with Gasteiger partial charge in [0, 0.05) is 17.8 Å². The van der Waals surface area contributed by atoms with Gasteiger partial charge in [-0.15, -0.1) is 0 Å². The maximum atomic E-state index is 12.2. The quantitative estimate of drug-likeness (QED) is 0.864. The zero-order valence-corrected chi connectivity index (χ0v) is 10.9. The van der Waals surface area contributed by atoms with Crippen molar-refractivity contribution in [2.24, 2.45) is 0 Å². The maximum absolute atomic E-state index is 12.2. The van der Waals surface area contributed by atoms with Gasteiger partial charge in [-0.2, -0.15) is 0 Å². The van der Waals surface area contributed by atoms with E-state index in [1.165, 1.54) is 18.4 Å². The Morgan fingerprint density at radius 1 is 1.17 bits per heavy atom. The van der Waals surface area contributed by atoms with E-state index in [9.17, 15) is 4.79 Å². The molecule has 0 atom stereocenters. The van der Waals surface area contributed by atoms with Crippen molar-refractivity contribution in [2.45, 2.75) is 44.2 Å². The van der Waals surface area contributed by atoms with Gasteiger partial charge < -0.3 is 10.2 Å². The van der Waals surface area contributed by atoms with Crippen LogP contribution < -0.4 is 10.2 Å². The van der Waals surface area contributed by atoms with Crippen LogP contribution in [0, 0.1) is 0 Å². The van der Waals surface area contributed by atoms with E-state index in [1.807, 2.05) is 19.2 Å². The van der Waals surface area contributed by atoms with Crippen molar-refractivity contribution in [1.29, 1.82) is 0 Å². The van der Waals surface area contributed by atoms with Crippen molar-refractivity contribution in [3.63, 3.8) is 0 Å². The Kier molecular flexibility index (Phi) is 3.08. The van der Waals surface area contributed by atoms with Crippen molar-refractivity contribution in [2.75, 3.05) is 11.9 Å². The van der Waals surface area contributed by atoms with Crippen LogP contribution in [0.1, 0.15) is 31.2 Å². The molecule has 0 aromatic heterocycles. The smallest absolute Gasteiger partial charge is 0.231 e. The predicted molar refractivity (Wildman–Crippen MR) is 72.7 cm³/mol. The van der Waals surface area contributed by atoms with Gasteiger partial charge in [0.05, 0.1) is 6.42 Å². The third kappa shape index (κ3) is 1.93. The van der Waals surface area contributed by atoms with Crippen molar-refractivity contribution in [3.05, 3.63) is 29.8 Å². The molecule has 1 heterocycles. The molecule has 1 amide bonds. The number of fused-ring (bicyclic) bond motifs is 1. The number of nitrogens with zero attached hydrogens (tertiary/aromatic N) is 1. The summed E-state index contributed by atoms with van der Waals surface area (Å²) < 4.78 is 0. The van der Waals surface area contributed by atoms with Crippen LogP contribution in [0.25, 0.3) is 0 Å². The molecule has 3 nitrogen and oxygen atoms in total. The Hall–Kier alpha value is -1.35. The number of carbonyl (C=O) groups excluding carboxylic acids is 1. The summed E-state index contributed by atoms with van der Waals surface area (Å²) >= 11 is 0. The van der Waals surface area contributed by atoms with Gasteiger partial charge in [0.25, 0.3) is 0 Å². The van der Waals surface area contributed by atoms with Gasteiger partial charge in [-0.1, -0.05) is 18.2 Å². The molecular weight excluding hydrogens is 224 g/mol. The Labute approximate surface area is 108 Å². The maximum Gasteiger partial charge on any atom is 0.231 e. The normalized spacial score (nSPS) is 27.4. The fourth-order valence-electron chi connectivity index (χ4n) is 3.30. The fraction of sp³-hybridized carbons (Fsp3) is 0.533. The fourth-order valence-corrected chi connectivity index (χ4v) is 3.30. The first-order valence-electron chi connectivity index (χ1n) is 6.87. The van der Waals surface area contributed by atoms with E-state index in [4.69, 9.17) is 0 Å². The molecule has 1 fully saturated rings. The van der Waals surface area contributed by atoms with Crippen LogP contribution >= 0.6 is 0 Å². The number of para-hydroxylation sites is 1. The van der Waals surface area contributed by atoms with Crippen LogP contribution in [-0.2, 0) is 11.2 Å². The van der Waals surface area contributed by atoms with E-state index < -0.39 is 0 Å². The van der Waals surface area contributed by atoms with Gasteiger partial charge in [0.2, 0.25) is 5.91 Å². The minimum absolute atomic E-state index is 0.282. The van der Waals surface area contributed by atoms with Crippen LogP contribution in [0.3, 0.4) is 0 Å². The average molecular weight is 244 g/mol. The Bertz CT molecular complexity index is 450. The predicted octanol–water partition coefficient (Wildman–Crippen LogP) is 2.11. The van der Waals surface area contributed by atoms with E-state index in [0.717, 1.165) is 18.5 Å². The summed E-state index contributed by atoms with van der Waals surface area (Å²) in [6.07, 6.45) is 5.17. The molecule has 1 N–H and O–H groups in total. The van der Waals surface area contributed by atoms with Gasteiger partial charge in [0.1, 0.15) is 0 Å². The second-order valence-electron chi connectivity index (χ2n) is 5.36. The molecule has 1 aromatic rings. The van der Waals surface area contributed by atoms with E-state index in [2.05, 4.69) is 22.3 Å². The van der Waals surface area contributed by atoms with Crippen LogP contribution in [-0.4, -0.2) is 25.0 Å². The third-order valence-corrected chi connectivity index (χ3v) is 4.33. The molecule has 96 valence electrons. The lowest BCUT2D eigenvalue weighted by atomic mass is 9.90. The van der Waals surface area contributed by atoms with Crippen LogP contribution in [0.15, 0.2) is 24.3 Å². The van der Waals surface area contributed by atoms with E-state index in [-0.39, 0.29) is 5.91 Å². The number of hydrogen-bond donors (Lipinski definition) is 1.